The van der Waals surface area contributed by atoms with E-state index in [0.717, 1.165) is 12.8 Å². The molecule has 19 heavy (non-hydrogen) atoms. The first-order chi connectivity index (χ1) is 9.15. The Labute approximate surface area is 112 Å². The van der Waals surface area contributed by atoms with Gasteiger partial charge in [-0.05, 0) is 25.0 Å². The molecule has 1 saturated heterocycles. The van der Waals surface area contributed by atoms with Crippen LogP contribution in [-0.2, 0) is 0 Å². The summed E-state index contributed by atoms with van der Waals surface area (Å²) in [7, 11) is 1.50. The summed E-state index contributed by atoms with van der Waals surface area (Å²) >= 11 is 0. The highest BCUT2D eigenvalue weighted by Gasteiger charge is 2.25. The Morgan fingerprint density at radius 2 is 2.37 bits per heavy atom. The van der Waals surface area contributed by atoms with Gasteiger partial charge in [0.2, 0.25) is 0 Å². The molecule has 1 N–H and O–H groups in total. The molecule has 1 aliphatic heterocycles. The molecule has 2 rings (SSSR count). The molecule has 100 valence electrons. The maximum Gasteiger partial charge on any atom is 0.257 e. The molecule has 0 radical (unpaired) electrons. The van der Waals surface area contributed by atoms with Crippen molar-refractivity contribution in [2.45, 2.75) is 12.8 Å². The number of benzene rings is 1. The Morgan fingerprint density at radius 1 is 1.58 bits per heavy atom. The summed E-state index contributed by atoms with van der Waals surface area (Å²) < 4.78 is 4.98. The van der Waals surface area contributed by atoms with E-state index in [1.54, 1.807) is 17.0 Å². The van der Waals surface area contributed by atoms with Gasteiger partial charge in [0.25, 0.3) is 5.91 Å². The molecule has 0 aromatic heterocycles. The van der Waals surface area contributed by atoms with E-state index in [1.807, 2.05) is 0 Å². The van der Waals surface area contributed by atoms with Crippen LogP contribution in [0.5, 0.6) is 11.5 Å². The van der Waals surface area contributed by atoms with Crippen molar-refractivity contribution in [3.63, 3.8) is 0 Å². The number of hydrogen-bond donors (Lipinski definition) is 1. The molecule has 0 saturated carbocycles. The highest BCUT2D eigenvalue weighted by molar-refractivity contribution is 5.97. The van der Waals surface area contributed by atoms with E-state index >= 15 is 0 Å². The highest BCUT2D eigenvalue weighted by Crippen LogP contribution is 2.26. The Morgan fingerprint density at radius 3 is 3.00 bits per heavy atom. The molecule has 0 bridgehead atoms. The van der Waals surface area contributed by atoms with Gasteiger partial charge in [-0.2, -0.15) is 5.26 Å². The number of carbonyl (C=O) groups is 1. The van der Waals surface area contributed by atoms with Crippen LogP contribution in [0.2, 0.25) is 0 Å². The standard InChI is InChI=1S/C14H16N2O3/c1-19-11-4-5-12(13(17)7-11)14(18)16-6-2-3-10(8-15)9-16/h4-5,7,10,17H,2-3,6,9H2,1H3. The fourth-order valence-corrected chi connectivity index (χ4v) is 2.26. The second kappa shape index (κ2) is 5.61. The minimum Gasteiger partial charge on any atom is -0.507 e. The molecular formula is C14H16N2O3. The number of phenols is 1. The number of amides is 1. The largest absolute Gasteiger partial charge is 0.507 e. The maximum atomic E-state index is 12.3. The predicted molar refractivity (Wildman–Crippen MR) is 68.9 cm³/mol. The van der Waals surface area contributed by atoms with Gasteiger partial charge >= 0.3 is 0 Å². The summed E-state index contributed by atoms with van der Waals surface area (Å²) in [6.07, 6.45) is 1.65. The first-order valence-corrected chi connectivity index (χ1v) is 6.21. The number of likely N-dealkylation sites (tertiary alicyclic amines) is 1. The lowest BCUT2D eigenvalue weighted by atomic mass is 9.99. The summed E-state index contributed by atoms with van der Waals surface area (Å²) in [5, 5.41) is 18.8. The SMILES string of the molecule is COc1ccc(C(=O)N2CCCC(C#N)C2)c(O)c1. The van der Waals surface area contributed by atoms with Crippen LogP contribution in [-0.4, -0.2) is 36.1 Å². The molecule has 1 aromatic carbocycles. The van der Waals surface area contributed by atoms with Gasteiger partial charge < -0.3 is 14.7 Å². The average Bonchev–Trinajstić information content (AvgIpc) is 2.46. The van der Waals surface area contributed by atoms with E-state index in [4.69, 9.17) is 10.00 Å². The summed E-state index contributed by atoms with van der Waals surface area (Å²) in [6, 6.07) is 6.80. The summed E-state index contributed by atoms with van der Waals surface area (Å²) in [6.45, 7) is 1.06. The van der Waals surface area contributed by atoms with E-state index in [0.29, 0.717) is 18.8 Å². The van der Waals surface area contributed by atoms with Crippen LogP contribution < -0.4 is 4.74 Å². The van der Waals surface area contributed by atoms with E-state index in [2.05, 4.69) is 6.07 Å². The predicted octanol–water partition coefficient (Wildman–Crippen LogP) is 1.78. The van der Waals surface area contributed by atoms with Crippen LogP contribution in [0.4, 0.5) is 0 Å². The second-order valence-electron chi connectivity index (χ2n) is 4.60. The molecule has 1 aromatic rings. The zero-order valence-corrected chi connectivity index (χ0v) is 10.8. The van der Waals surface area contributed by atoms with E-state index in [9.17, 15) is 9.90 Å². The van der Waals surface area contributed by atoms with Crippen LogP contribution in [0.25, 0.3) is 0 Å². The molecule has 5 heteroatoms. The molecule has 5 nitrogen and oxygen atoms in total. The van der Waals surface area contributed by atoms with Crippen molar-refractivity contribution in [2.24, 2.45) is 5.92 Å². The number of piperidine rings is 1. The fourth-order valence-electron chi connectivity index (χ4n) is 2.26. The van der Waals surface area contributed by atoms with Gasteiger partial charge in [-0.3, -0.25) is 4.79 Å². The lowest BCUT2D eigenvalue weighted by Crippen LogP contribution is -2.39. The number of hydrogen-bond acceptors (Lipinski definition) is 4. The number of carbonyl (C=O) groups excluding carboxylic acids is 1. The Bertz CT molecular complexity index is 522. The third kappa shape index (κ3) is 2.79. The van der Waals surface area contributed by atoms with Crippen LogP contribution in [0.15, 0.2) is 18.2 Å². The quantitative estimate of drug-likeness (QED) is 0.879. The molecule has 1 amide bonds. The third-order valence-electron chi connectivity index (χ3n) is 3.33. The van der Waals surface area contributed by atoms with Gasteiger partial charge in [0.15, 0.2) is 0 Å². The first-order valence-electron chi connectivity index (χ1n) is 6.21. The number of rotatable bonds is 2. The van der Waals surface area contributed by atoms with Crippen molar-refractivity contribution in [2.75, 3.05) is 20.2 Å². The number of aromatic hydroxyl groups is 1. The van der Waals surface area contributed by atoms with Crippen molar-refractivity contribution in [3.05, 3.63) is 23.8 Å². The minimum absolute atomic E-state index is 0.0940. The van der Waals surface area contributed by atoms with Gasteiger partial charge in [0.05, 0.1) is 24.7 Å². The van der Waals surface area contributed by atoms with Crippen molar-refractivity contribution in [1.82, 2.24) is 4.90 Å². The zero-order valence-electron chi connectivity index (χ0n) is 10.8. The normalized spacial score (nSPS) is 18.7. The van der Waals surface area contributed by atoms with Gasteiger partial charge in [0.1, 0.15) is 11.5 Å². The smallest absolute Gasteiger partial charge is 0.257 e. The Balaban J connectivity index is 2.17. The Kier molecular flexibility index (Phi) is 3.91. The minimum atomic E-state index is -0.236. The van der Waals surface area contributed by atoms with Crippen LogP contribution >= 0.6 is 0 Å². The lowest BCUT2D eigenvalue weighted by molar-refractivity contribution is 0.0695. The van der Waals surface area contributed by atoms with E-state index in [-0.39, 0.29) is 23.1 Å². The summed E-state index contributed by atoms with van der Waals surface area (Å²) in [5.74, 6) is 0.0595. The van der Waals surface area contributed by atoms with Crippen LogP contribution in [0.3, 0.4) is 0 Å². The molecule has 1 aliphatic rings. The number of ether oxygens (including phenoxy) is 1. The number of phenolic OH excluding ortho intramolecular Hbond substituents is 1. The number of nitrogens with zero attached hydrogens (tertiary/aromatic N) is 2. The topological polar surface area (TPSA) is 73.6 Å². The average molecular weight is 260 g/mol. The van der Waals surface area contributed by atoms with Crippen molar-refractivity contribution >= 4 is 5.91 Å². The summed E-state index contributed by atoms with van der Waals surface area (Å²) in [5.41, 5.74) is 0.249. The molecule has 0 aliphatic carbocycles. The molecular weight excluding hydrogens is 244 g/mol. The van der Waals surface area contributed by atoms with Crippen molar-refractivity contribution in [3.8, 4) is 17.6 Å². The lowest BCUT2D eigenvalue weighted by Gasteiger charge is -2.29. The molecule has 1 fully saturated rings. The van der Waals surface area contributed by atoms with Gasteiger partial charge in [-0.1, -0.05) is 0 Å². The first kappa shape index (κ1) is 13.2. The number of nitriles is 1. The third-order valence-corrected chi connectivity index (χ3v) is 3.33. The van der Waals surface area contributed by atoms with Gasteiger partial charge in [-0.25, -0.2) is 0 Å². The fraction of sp³-hybridized carbons (Fsp3) is 0.429. The monoisotopic (exact) mass is 260 g/mol. The molecule has 1 unspecified atom stereocenters. The molecule has 1 atom stereocenters. The van der Waals surface area contributed by atoms with Crippen molar-refractivity contribution < 1.29 is 14.6 Å². The van der Waals surface area contributed by atoms with Gasteiger partial charge in [0, 0.05) is 19.2 Å². The van der Waals surface area contributed by atoms with Crippen LogP contribution in [0, 0.1) is 17.2 Å². The van der Waals surface area contributed by atoms with Crippen LogP contribution in [0.1, 0.15) is 23.2 Å². The zero-order chi connectivity index (χ0) is 13.8. The molecule has 1 heterocycles. The van der Waals surface area contributed by atoms with Crippen molar-refractivity contribution in [1.29, 1.82) is 5.26 Å². The molecule has 0 spiro atoms. The highest BCUT2D eigenvalue weighted by atomic mass is 16.5. The summed E-state index contributed by atoms with van der Waals surface area (Å²) in [4.78, 5) is 13.9. The Hall–Kier alpha value is -2.22. The maximum absolute atomic E-state index is 12.3. The number of methoxy groups -OCH3 is 1. The van der Waals surface area contributed by atoms with E-state index < -0.39 is 0 Å². The second-order valence-corrected chi connectivity index (χ2v) is 4.60. The van der Waals surface area contributed by atoms with Gasteiger partial charge in [-0.15, -0.1) is 0 Å². The van der Waals surface area contributed by atoms with E-state index in [1.165, 1.54) is 13.2 Å².